The summed E-state index contributed by atoms with van der Waals surface area (Å²) >= 11 is 0. The van der Waals surface area contributed by atoms with E-state index in [1.165, 1.54) is 11.2 Å². The first kappa shape index (κ1) is 28.2. The molecule has 0 fully saturated rings. The van der Waals surface area contributed by atoms with Gasteiger partial charge in [0.25, 0.3) is 0 Å². The molecule has 0 saturated heterocycles. The van der Waals surface area contributed by atoms with Crippen LogP contribution in [0.2, 0.25) is 0 Å². The van der Waals surface area contributed by atoms with Crippen LogP contribution in [0.4, 0.5) is 10.5 Å². The monoisotopic (exact) mass is 539 g/mol. The van der Waals surface area contributed by atoms with Gasteiger partial charge in [-0.3, -0.25) is 9.59 Å². The number of nitrogens with zero attached hydrogens (tertiary/aromatic N) is 2. The molecule has 0 aliphatic carbocycles. The maximum absolute atomic E-state index is 13.7. The number of anilines is 1. The Morgan fingerprint density at radius 3 is 2.45 bits per heavy atom. The molecule has 8 nitrogen and oxygen atoms in total. The van der Waals surface area contributed by atoms with Gasteiger partial charge in [-0.25, -0.2) is 4.79 Å². The van der Waals surface area contributed by atoms with E-state index in [0.29, 0.717) is 34.6 Å². The van der Waals surface area contributed by atoms with Crippen LogP contribution in [0, 0.1) is 6.92 Å². The minimum Gasteiger partial charge on any atom is -0.494 e. The Bertz CT molecular complexity index is 1530. The van der Waals surface area contributed by atoms with Crippen molar-refractivity contribution in [2.24, 2.45) is 0 Å². The molecule has 3 amide bonds. The maximum Gasteiger partial charge on any atom is 0.322 e. The molecule has 0 aliphatic rings. The first-order valence-electron chi connectivity index (χ1n) is 13.1. The molecule has 0 bridgehead atoms. The average molecular weight is 540 g/mol. The van der Waals surface area contributed by atoms with Crippen molar-refractivity contribution in [3.8, 4) is 5.75 Å². The van der Waals surface area contributed by atoms with Gasteiger partial charge in [0.2, 0.25) is 5.91 Å². The van der Waals surface area contributed by atoms with Crippen LogP contribution in [0.25, 0.3) is 11.0 Å². The van der Waals surface area contributed by atoms with Crippen LogP contribution in [-0.4, -0.2) is 41.4 Å². The Morgan fingerprint density at radius 1 is 1.00 bits per heavy atom. The SMILES string of the molecule is C=CCN(CC(=O)N(Cc1ccccc1)Cc1coc2ccc(C)cc2c1=O)C(=O)Nc1ccc(OCC)cc1. The number of aryl methyl sites for hydroxylation is 1. The highest BCUT2D eigenvalue weighted by Gasteiger charge is 2.23. The summed E-state index contributed by atoms with van der Waals surface area (Å²) in [6.07, 6.45) is 2.97. The van der Waals surface area contributed by atoms with Gasteiger partial charge in [-0.05, 0) is 55.8 Å². The van der Waals surface area contributed by atoms with Crippen molar-refractivity contribution in [2.45, 2.75) is 26.9 Å². The Balaban J connectivity index is 1.55. The third-order valence-electron chi connectivity index (χ3n) is 6.31. The van der Waals surface area contributed by atoms with Crippen molar-refractivity contribution in [3.63, 3.8) is 0 Å². The van der Waals surface area contributed by atoms with Gasteiger partial charge in [0.15, 0.2) is 5.43 Å². The van der Waals surface area contributed by atoms with Crippen LogP contribution in [0.5, 0.6) is 5.75 Å². The standard InChI is InChI=1S/C32H33N3O5/c1-4-17-34(32(38)33-26-12-14-27(15-13-26)39-5-2)21-30(36)35(19-24-9-7-6-8-10-24)20-25-22-40-29-16-11-23(3)18-28(29)31(25)37/h4,6-16,18,22H,1,5,17,19-21H2,2-3H3,(H,33,38). The number of rotatable bonds is 11. The summed E-state index contributed by atoms with van der Waals surface area (Å²) in [5.74, 6) is 0.375. The van der Waals surface area contributed by atoms with E-state index in [4.69, 9.17) is 9.15 Å². The van der Waals surface area contributed by atoms with Gasteiger partial charge in [0.1, 0.15) is 17.9 Å². The number of urea groups is 1. The number of fused-ring (bicyclic) bond motifs is 1. The smallest absolute Gasteiger partial charge is 0.322 e. The van der Waals surface area contributed by atoms with Crippen molar-refractivity contribution in [3.05, 3.63) is 119 Å². The van der Waals surface area contributed by atoms with Crippen LogP contribution in [0.15, 0.2) is 101 Å². The minimum atomic E-state index is -0.447. The molecule has 0 spiro atoms. The molecule has 0 radical (unpaired) electrons. The van der Waals surface area contributed by atoms with Crippen molar-refractivity contribution < 1.29 is 18.7 Å². The zero-order valence-corrected chi connectivity index (χ0v) is 22.8. The molecule has 8 heteroatoms. The summed E-state index contributed by atoms with van der Waals surface area (Å²) in [5, 5.41) is 3.29. The minimum absolute atomic E-state index is 0.0301. The summed E-state index contributed by atoms with van der Waals surface area (Å²) in [4.78, 5) is 43.0. The van der Waals surface area contributed by atoms with E-state index in [1.54, 1.807) is 47.4 Å². The van der Waals surface area contributed by atoms with Crippen molar-refractivity contribution in [1.29, 1.82) is 0 Å². The molecule has 1 heterocycles. The number of carbonyl (C=O) groups is 2. The van der Waals surface area contributed by atoms with Gasteiger partial charge in [-0.15, -0.1) is 6.58 Å². The average Bonchev–Trinajstić information content (AvgIpc) is 2.95. The van der Waals surface area contributed by atoms with E-state index in [1.807, 2.05) is 50.2 Å². The van der Waals surface area contributed by atoms with Gasteiger partial charge in [-0.1, -0.05) is 48.0 Å². The molecule has 1 N–H and O–H groups in total. The second-order valence-corrected chi connectivity index (χ2v) is 9.38. The van der Waals surface area contributed by atoms with E-state index in [-0.39, 0.29) is 37.5 Å². The molecule has 1 aromatic heterocycles. The van der Waals surface area contributed by atoms with Gasteiger partial charge in [0.05, 0.1) is 30.4 Å². The summed E-state index contributed by atoms with van der Waals surface area (Å²) < 4.78 is 11.2. The number of amides is 3. The van der Waals surface area contributed by atoms with Gasteiger partial charge < -0.3 is 24.3 Å². The Hall–Kier alpha value is -4.85. The highest BCUT2D eigenvalue weighted by Crippen LogP contribution is 2.18. The number of nitrogens with one attached hydrogen (secondary N) is 1. The quantitative estimate of drug-likeness (QED) is 0.245. The van der Waals surface area contributed by atoms with Crippen LogP contribution < -0.4 is 15.5 Å². The third-order valence-corrected chi connectivity index (χ3v) is 6.31. The lowest BCUT2D eigenvalue weighted by Crippen LogP contribution is -2.44. The third kappa shape index (κ3) is 7.17. The molecule has 3 aromatic carbocycles. The lowest BCUT2D eigenvalue weighted by Gasteiger charge is -2.27. The highest BCUT2D eigenvalue weighted by molar-refractivity contribution is 5.92. The predicted octanol–water partition coefficient (Wildman–Crippen LogP) is 5.75. The molecular weight excluding hydrogens is 506 g/mol. The highest BCUT2D eigenvalue weighted by atomic mass is 16.5. The topological polar surface area (TPSA) is 92.1 Å². The first-order chi connectivity index (χ1) is 19.4. The zero-order valence-electron chi connectivity index (χ0n) is 22.8. The molecule has 4 aromatic rings. The summed E-state index contributed by atoms with van der Waals surface area (Å²) in [5.41, 5.74) is 3.06. The molecular formula is C32H33N3O5. The number of hydrogen-bond acceptors (Lipinski definition) is 5. The lowest BCUT2D eigenvalue weighted by atomic mass is 10.1. The van der Waals surface area contributed by atoms with Crippen LogP contribution >= 0.6 is 0 Å². The van der Waals surface area contributed by atoms with Gasteiger partial charge in [0, 0.05) is 18.8 Å². The van der Waals surface area contributed by atoms with E-state index in [9.17, 15) is 14.4 Å². The molecule has 0 saturated carbocycles. The fraction of sp³-hybridized carbons (Fsp3) is 0.219. The number of carbonyl (C=O) groups excluding carboxylic acids is 2. The van der Waals surface area contributed by atoms with Crippen LogP contribution in [-0.2, 0) is 17.9 Å². The van der Waals surface area contributed by atoms with Crippen molar-refractivity contribution in [2.75, 3.05) is 25.0 Å². The lowest BCUT2D eigenvalue weighted by molar-refractivity contribution is -0.133. The van der Waals surface area contributed by atoms with Crippen LogP contribution in [0.1, 0.15) is 23.6 Å². The molecule has 0 atom stereocenters. The Kier molecular flexibility index (Phi) is 9.35. The molecule has 40 heavy (non-hydrogen) atoms. The first-order valence-corrected chi connectivity index (χ1v) is 13.1. The van der Waals surface area contributed by atoms with E-state index in [0.717, 1.165) is 11.1 Å². The second-order valence-electron chi connectivity index (χ2n) is 9.38. The molecule has 4 rings (SSSR count). The fourth-order valence-electron chi connectivity index (χ4n) is 4.28. The van der Waals surface area contributed by atoms with Crippen molar-refractivity contribution in [1.82, 2.24) is 9.80 Å². The summed E-state index contributed by atoms with van der Waals surface area (Å²) in [7, 11) is 0. The molecule has 206 valence electrons. The fourth-order valence-corrected chi connectivity index (χ4v) is 4.28. The number of hydrogen-bond donors (Lipinski definition) is 1. The number of ether oxygens (including phenoxy) is 1. The maximum atomic E-state index is 13.7. The molecule has 0 unspecified atom stereocenters. The van der Waals surface area contributed by atoms with Gasteiger partial charge in [-0.2, -0.15) is 0 Å². The second kappa shape index (κ2) is 13.3. The van der Waals surface area contributed by atoms with E-state index >= 15 is 0 Å². The normalized spacial score (nSPS) is 10.7. The van der Waals surface area contributed by atoms with Gasteiger partial charge >= 0.3 is 6.03 Å². The predicted molar refractivity (Wildman–Crippen MR) is 156 cm³/mol. The Morgan fingerprint density at radius 2 is 1.75 bits per heavy atom. The number of benzene rings is 3. The molecule has 0 aliphatic heterocycles. The Labute approximate surface area is 233 Å². The van der Waals surface area contributed by atoms with E-state index in [2.05, 4.69) is 11.9 Å². The summed E-state index contributed by atoms with van der Waals surface area (Å²) in [6, 6.07) is 21.5. The largest absolute Gasteiger partial charge is 0.494 e. The van der Waals surface area contributed by atoms with Crippen LogP contribution in [0.3, 0.4) is 0 Å². The zero-order chi connectivity index (χ0) is 28.5. The van der Waals surface area contributed by atoms with E-state index < -0.39 is 6.03 Å². The summed E-state index contributed by atoms with van der Waals surface area (Å²) in [6.45, 7) is 8.32. The van der Waals surface area contributed by atoms with Crippen molar-refractivity contribution >= 4 is 28.6 Å².